The Bertz CT molecular complexity index is 617. The normalized spacial score (nSPS) is 19.0. The van der Waals surface area contributed by atoms with Gasteiger partial charge in [-0.1, -0.05) is 95.4 Å². The Labute approximate surface area is 173 Å². The zero-order valence-corrected chi connectivity index (χ0v) is 18.3. The average molecular weight is 385 g/mol. The molecule has 0 radical (unpaired) electrons. The topological polar surface area (TPSA) is 18.5 Å². The fourth-order valence-corrected chi connectivity index (χ4v) is 3.71. The van der Waals surface area contributed by atoms with Crippen molar-refractivity contribution in [3.05, 3.63) is 59.2 Å². The zero-order chi connectivity index (χ0) is 20.1. The maximum absolute atomic E-state index is 5.90. The van der Waals surface area contributed by atoms with Gasteiger partial charge in [0.1, 0.15) is 0 Å². The van der Waals surface area contributed by atoms with Crippen molar-refractivity contribution in [2.75, 3.05) is 19.8 Å². The van der Waals surface area contributed by atoms with Gasteiger partial charge in [0.25, 0.3) is 0 Å². The first-order valence-electron chi connectivity index (χ1n) is 11.3. The third-order valence-electron chi connectivity index (χ3n) is 5.65. The van der Waals surface area contributed by atoms with Crippen molar-refractivity contribution >= 4 is 0 Å². The summed E-state index contributed by atoms with van der Waals surface area (Å²) in [5.74, 6) is 0. The van der Waals surface area contributed by atoms with E-state index in [1.165, 1.54) is 55.2 Å². The van der Waals surface area contributed by atoms with Crippen molar-refractivity contribution in [1.29, 1.82) is 0 Å². The van der Waals surface area contributed by atoms with Crippen LogP contribution in [0.2, 0.25) is 0 Å². The summed E-state index contributed by atoms with van der Waals surface area (Å²) in [4.78, 5) is 0. The maximum Gasteiger partial charge on any atom is 0.0719 e. The van der Waals surface area contributed by atoms with E-state index >= 15 is 0 Å². The van der Waals surface area contributed by atoms with Crippen LogP contribution >= 0.6 is 0 Å². The summed E-state index contributed by atoms with van der Waals surface area (Å²) in [6.07, 6.45) is 16.7. The van der Waals surface area contributed by atoms with Gasteiger partial charge in [-0.25, -0.2) is 0 Å². The summed E-state index contributed by atoms with van der Waals surface area (Å²) in [6.45, 7) is 9.95. The number of allylic oxidation sites excluding steroid dienone is 2. The lowest BCUT2D eigenvalue weighted by atomic mass is 9.74. The molecule has 1 aromatic carbocycles. The second kappa shape index (κ2) is 13.0. The van der Waals surface area contributed by atoms with Crippen LogP contribution in [0, 0.1) is 0 Å². The number of hydrogen-bond acceptors (Lipinski definition) is 2. The van der Waals surface area contributed by atoms with Crippen LogP contribution in [0.15, 0.2) is 48.1 Å². The molecule has 0 N–H and O–H groups in total. The Morgan fingerprint density at radius 2 is 1.57 bits per heavy atom. The van der Waals surface area contributed by atoms with Crippen LogP contribution < -0.4 is 0 Å². The van der Waals surface area contributed by atoms with Crippen LogP contribution in [0.1, 0.15) is 83.3 Å². The van der Waals surface area contributed by atoms with Crippen LogP contribution in [-0.2, 0) is 21.5 Å². The highest BCUT2D eigenvalue weighted by Gasteiger charge is 2.27. The molecule has 0 saturated heterocycles. The van der Waals surface area contributed by atoms with E-state index in [2.05, 4.69) is 63.3 Å². The summed E-state index contributed by atoms with van der Waals surface area (Å²) in [5, 5.41) is 0. The molecule has 1 aliphatic rings. The summed E-state index contributed by atoms with van der Waals surface area (Å²) in [7, 11) is 0. The lowest BCUT2D eigenvalue weighted by Crippen LogP contribution is -2.23. The quantitative estimate of drug-likeness (QED) is 0.317. The lowest BCUT2D eigenvalue weighted by Gasteiger charge is -2.31. The highest BCUT2D eigenvalue weighted by Crippen LogP contribution is 2.36. The van der Waals surface area contributed by atoms with Crippen LogP contribution in [0.4, 0.5) is 0 Å². The lowest BCUT2D eigenvalue weighted by molar-refractivity contribution is 0.117. The molecule has 0 amide bonds. The second-order valence-electron chi connectivity index (χ2n) is 8.26. The maximum atomic E-state index is 5.90. The fraction of sp³-hybridized carbons (Fsp3) is 0.615. The van der Waals surface area contributed by atoms with Crippen molar-refractivity contribution in [3.63, 3.8) is 0 Å². The van der Waals surface area contributed by atoms with Gasteiger partial charge in [-0.15, -0.1) is 0 Å². The SMILES string of the molecule is CCCCCCCOCC1=CCC(C)(c2ccccc2COCCCC)C=C1. The summed E-state index contributed by atoms with van der Waals surface area (Å²) >= 11 is 0. The Kier molecular flexibility index (Phi) is 10.6. The first-order chi connectivity index (χ1) is 13.7. The van der Waals surface area contributed by atoms with Crippen LogP contribution in [0.5, 0.6) is 0 Å². The van der Waals surface area contributed by atoms with Gasteiger partial charge in [-0.05, 0) is 36.0 Å². The zero-order valence-electron chi connectivity index (χ0n) is 18.3. The van der Waals surface area contributed by atoms with E-state index in [0.29, 0.717) is 6.61 Å². The van der Waals surface area contributed by atoms with E-state index < -0.39 is 0 Å². The number of hydrogen-bond donors (Lipinski definition) is 0. The largest absolute Gasteiger partial charge is 0.377 e. The minimum atomic E-state index is 0.0361. The van der Waals surface area contributed by atoms with E-state index in [-0.39, 0.29) is 5.41 Å². The Balaban J connectivity index is 1.82. The minimum Gasteiger partial charge on any atom is -0.377 e. The molecule has 2 nitrogen and oxygen atoms in total. The van der Waals surface area contributed by atoms with E-state index in [1.807, 2.05) is 0 Å². The van der Waals surface area contributed by atoms with E-state index in [1.54, 1.807) is 0 Å². The van der Waals surface area contributed by atoms with Crippen LogP contribution in [-0.4, -0.2) is 19.8 Å². The van der Waals surface area contributed by atoms with Gasteiger partial charge in [0, 0.05) is 18.6 Å². The van der Waals surface area contributed by atoms with Crippen molar-refractivity contribution in [2.45, 2.75) is 84.2 Å². The molecule has 2 heteroatoms. The Morgan fingerprint density at radius 3 is 2.32 bits per heavy atom. The third-order valence-corrected chi connectivity index (χ3v) is 5.65. The van der Waals surface area contributed by atoms with Gasteiger partial charge in [-0.3, -0.25) is 0 Å². The van der Waals surface area contributed by atoms with Crippen molar-refractivity contribution in [2.24, 2.45) is 0 Å². The van der Waals surface area contributed by atoms with Gasteiger partial charge in [0.2, 0.25) is 0 Å². The van der Waals surface area contributed by atoms with Gasteiger partial charge in [-0.2, -0.15) is 0 Å². The van der Waals surface area contributed by atoms with E-state index in [0.717, 1.165) is 32.7 Å². The molecule has 1 aliphatic carbocycles. The fourth-order valence-electron chi connectivity index (χ4n) is 3.71. The summed E-state index contributed by atoms with van der Waals surface area (Å²) in [5.41, 5.74) is 4.04. The molecule has 28 heavy (non-hydrogen) atoms. The van der Waals surface area contributed by atoms with Crippen LogP contribution in [0.3, 0.4) is 0 Å². The monoisotopic (exact) mass is 384 g/mol. The third kappa shape index (κ3) is 7.56. The Hall–Kier alpha value is -1.38. The molecule has 2 rings (SSSR count). The molecule has 0 bridgehead atoms. The molecule has 1 atom stereocenters. The number of rotatable bonds is 14. The molecular weight excluding hydrogens is 344 g/mol. The number of unbranched alkanes of at least 4 members (excludes halogenated alkanes) is 5. The molecule has 156 valence electrons. The molecular formula is C26H40O2. The van der Waals surface area contributed by atoms with Gasteiger partial charge in [0.15, 0.2) is 0 Å². The molecule has 0 heterocycles. The molecule has 0 aromatic heterocycles. The van der Waals surface area contributed by atoms with E-state index in [9.17, 15) is 0 Å². The van der Waals surface area contributed by atoms with Gasteiger partial charge >= 0.3 is 0 Å². The number of ether oxygens (including phenoxy) is 2. The number of benzene rings is 1. The molecule has 0 aliphatic heterocycles. The predicted molar refractivity (Wildman–Crippen MR) is 120 cm³/mol. The van der Waals surface area contributed by atoms with Crippen molar-refractivity contribution in [3.8, 4) is 0 Å². The average Bonchev–Trinajstić information content (AvgIpc) is 2.72. The predicted octanol–water partition coefficient (Wildman–Crippen LogP) is 7.13. The van der Waals surface area contributed by atoms with Crippen molar-refractivity contribution in [1.82, 2.24) is 0 Å². The molecule has 1 aromatic rings. The summed E-state index contributed by atoms with van der Waals surface area (Å²) in [6, 6.07) is 8.73. The highest BCUT2D eigenvalue weighted by molar-refractivity contribution is 5.42. The van der Waals surface area contributed by atoms with E-state index in [4.69, 9.17) is 9.47 Å². The summed E-state index contributed by atoms with van der Waals surface area (Å²) < 4.78 is 11.8. The molecule has 0 spiro atoms. The van der Waals surface area contributed by atoms with Gasteiger partial charge < -0.3 is 9.47 Å². The first-order valence-corrected chi connectivity index (χ1v) is 11.3. The Morgan fingerprint density at radius 1 is 0.857 bits per heavy atom. The highest BCUT2D eigenvalue weighted by atomic mass is 16.5. The standard InChI is InChI=1S/C26H40O2/c1-4-6-8-9-12-20-27-21-23-15-17-26(3,18-16-23)25-14-11-10-13-24(25)22-28-19-7-5-2/h10-11,13-17H,4-9,12,18-22H2,1-3H3. The second-order valence-corrected chi connectivity index (χ2v) is 8.26. The first kappa shape index (κ1) is 22.9. The molecule has 0 fully saturated rings. The molecule has 0 saturated carbocycles. The van der Waals surface area contributed by atoms with Crippen LogP contribution in [0.25, 0.3) is 0 Å². The molecule has 1 unspecified atom stereocenters. The van der Waals surface area contributed by atoms with Crippen molar-refractivity contribution < 1.29 is 9.47 Å². The minimum absolute atomic E-state index is 0.0361. The van der Waals surface area contributed by atoms with Gasteiger partial charge in [0.05, 0.1) is 13.2 Å². The smallest absolute Gasteiger partial charge is 0.0719 e.